The van der Waals surface area contributed by atoms with Gasteiger partial charge in [0.05, 0.1) is 18.9 Å². The number of aliphatic hydroxyl groups is 1. The van der Waals surface area contributed by atoms with Gasteiger partial charge in [0.2, 0.25) is 0 Å². The summed E-state index contributed by atoms with van der Waals surface area (Å²) >= 11 is 1.81. The molecule has 0 saturated carbocycles. The van der Waals surface area contributed by atoms with Gasteiger partial charge in [-0.25, -0.2) is 4.98 Å². The van der Waals surface area contributed by atoms with E-state index in [1.165, 1.54) is 77.4 Å². The average molecular weight is 547 g/mol. The van der Waals surface area contributed by atoms with Crippen molar-refractivity contribution in [3.63, 3.8) is 0 Å². The fourth-order valence-electron chi connectivity index (χ4n) is 6.75. The molecule has 7 heteroatoms. The van der Waals surface area contributed by atoms with Crippen LogP contribution in [0.15, 0.2) is 36.4 Å². The van der Waals surface area contributed by atoms with Gasteiger partial charge >= 0.3 is 0 Å². The number of likely N-dealkylation sites (tertiary alicyclic amines) is 1. The Morgan fingerprint density at radius 1 is 1.00 bits per heavy atom. The van der Waals surface area contributed by atoms with E-state index in [1.54, 1.807) is 11.3 Å². The molecule has 2 N–H and O–H groups in total. The predicted molar refractivity (Wildman–Crippen MR) is 160 cm³/mol. The molecule has 6 rings (SSSR count). The van der Waals surface area contributed by atoms with Crippen LogP contribution in [0.2, 0.25) is 0 Å². The van der Waals surface area contributed by atoms with Crippen LogP contribution in [0.4, 0.5) is 0 Å². The number of benzene rings is 2. The number of nitrogens with zero attached hydrogens (tertiary/aromatic N) is 3. The first kappa shape index (κ1) is 26.9. The van der Waals surface area contributed by atoms with Gasteiger partial charge in [-0.05, 0) is 79.9 Å². The number of hydrogen-bond acceptors (Lipinski definition) is 7. The molecule has 39 heavy (non-hydrogen) atoms. The summed E-state index contributed by atoms with van der Waals surface area (Å²) in [5, 5.41) is 14.0. The lowest BCUT2D eigenvalue weighted by Crippen LogP contribution is -2.32. The Labute approximate surface area is 237 Å². The lowest BCUT2D eigenvalue weighted by atomic mass is 9.87. The maximum absolute atomic E-state index is 9.34. The summed E-state index contributed by atoms with van der Waals surface area (Å²) in [5.41, 5.74) is 7.93. The monoisotopic (exact) mass is 546 g/mol. The Morgan fingerprint density at radius 2 is 1.82 bits per heavy atom. The fraction of sp³-hybridized carbons (Fsp3) is 0.531. The van der Waals surface area contributed by atoms with Crippen molar-refractivity contribution < 1.29 is 9.84 Å². The first-order chi connectivity index (χ1) is 19.0. The second-order valence-corrected chi connectivity index (χ2v) is 12.8. The maximum atomic E-state index is 9.34. The molecule has 2 aromatic carbocycles. The zero-order valence-corrected chi connectivity index (χ0v) is 24.3. The largest absolute Gasteiger partial charge is 0.493 e. The van der Waals surface area contributed by atoms with Crippen molar-refractivity contribution >= 4 is 11.3 Å². The highest BCUT2D eigenvalue weighted by Gasteiger charge is 2.39. The minimum absolute atomic E-state index is 0.210. The summed E-state index contributed by atoms with van der Waals surface area (Å²) in [6.07, 6.45) is 4.69. The van der Waals surface area contributed by atoms with Crippen molar-refractivity contribution in [2.45, 2.75) is 46.1 Å². The Hall–Kier alpha value is -2.29. The lowest BCUT2D eigenvalue weighted by molar-refractivity contribution is 0.185. The lowest BCUT2D eigenvalue weighted by Gasteiger charge is -2.24. The standard InChI is InChI=1S/C32H42N4O2S/c1-23-25(6-3-8-27(23)31-34-28-10-15-35(17-18-37)20-30(28)39-31)26-7-4-9-29(24(26)2)38-19-5-14-36-16-12-32(22-36)11-13-33-21-32/h3-4,6-9,33,37H,5,10-22H2,1-2H3. The van der Waals surface area contributed by atoms with Gasteiger partial charge in [-0.15, -0.1) is 11.3 Å². The topological polar surface area (TPSA) is 60.9 Å². The SMILES string of the molecule is Cc1c(OCCCN2CCC3(CCNC3)C2)cccc1-c1cccc(-c2nc3c(s2)CN(CCO)CC3)c1C. The molecular weight excluding hydrogens is 504 g/mol. The Bertz CT molecular complexity index is 1300. The predicted octanol–water partition coefficient (Wildman–Crippen LogP) is 4.90. The molecule has 4 heterocycles. The third-order valence-corrected chi connectivity index (χ3v) is 10.2. The quantitative estimate of drug-likeness (QED) is 0.373. The van der Waals surface area contributed by atoms with E-state index in [9.17, 15) is 5.11 Å². The van der Waals surface area contributed by atoms with E-state index < -0.39 is 0 Å². The molecule has 2 fully saturated rings. The third kappa shape index (κ3) is 5.66. The van der Waals surface area contributed by atoms with E-state index in [2.05, 4.69) is 65.4 Å². The van der Waals surface area contributed by atoms with Crippen LogP contribution in [0, 0.1) is 19.3 Å². The number of hydrogen-bond donors (Lipinski definition) is 2. The first-order valence-corrected chi connectivity index (χ1v) is 15.4. The van der Waals surface area contributed by atoms with Gasteiger partial charge in [-0.3, -0.25) is 4.90 Å². The Kier molecular flexibility index (Phi) is 8.05. The normalized spacial score (nSPS) is 21.6. The second-order valence-electron chi connectivity index (χ2n) is 11.7. The van der Waals surface area contributed by atoms with Crippen molar-refractivity contribution in [1.82, 2.24) is 20.1 Å². The zero-order valence-electron chi connectivity index (χ0n) is 23.5. The van der Waals surface area contributed by atoms with Gasteiger partial charge in [0.15, 0.2) is 0 Å². The van der Waals surface area contributed by atoms with Crippen LogP contribution < -0.4 is 10.1 Å². The van der Waals surface area contributed by atoms with E-state index in [0.717, 1.165) is 56.4 Å². The molecule has 1 aromatic heterocycles. The van der Waals surface area contributed by atoms with Crippen molar-refractivity contribution in [2.24, 2.45) is 5.41 Å². The van der Waals surface area contributed by atoms with Crippen LogP contribution in [-0.2, 0) is 13.0 Å². The molecule has 0 radical (unpaired) electrons. The van der Waals surface area contributed by atoms with Crippen molar-refractivity contribution in [3.8, 4) is 27.4 Å². The molecule has 2 saturated heterocycles. The van der Waals surface area contributed by atoms with Crippen molar-refractivity contribution in [1.29, 1.82) is 0 Å². The van der Waals surface area contributed by atoms with E-state index >= 15 is 0 Å². The van der Waals surface area contributed by atoms with E-state index in [0.29, 0.717) is 5.41 Å². The first-order valence-electron chi connectivity index (χ1n) is 14.6. The summed E-state index contributed by atoms with van der Waals surface area (Å²) in [7, 11) is 0. The number of aromatic nitrogens is 1. The van der Waals surface area contributed by atoms with E-state index in [1.807, 2.05) is 0 Å². The molecule has 0 aliphatic carbocycles. The molecule has 208 valence electrons. The molecule has 1 atom stereocenters. The number of nitrogens with one attached hydrogen (secondary N) is 1. The average Bonchev–Trinajstić information content (AvgIpc) is 3.68. The zero-order chi connectivity index (χ0) is 26.8. The molecule has 3 aromatic rings. The molecule has 1 unspecified atom stereocenters. The third-order valence-electron chi connectivity index (χ3n) is 9.09. The van der Waals surface area contributed by atoms with E-state index in [-0.39, 0.29) is 6.61 Å². The summed E-state index contributed by atoms with van der Waals surface area (Å²) in [6, 6.07) is 13.0. The van der Waals surface area contributed by atoms with Crippen LogP contribution in [-0.4, -0.2) is 78.9 Å². The van der Waals surface area contributed by atoms with Gasteiger partial charge in [-0.2, -0.15) is 0 Å². The van der Waals surface area contributed by atoms with Crippen LogP contribution in [0.5, 0.6) is 5.75 Å². The molecule has 3 aliphatic rings. The summed E-state index contributed by atoms with van der Waals surface area (Å²) in [4.78, 5) is 11.3. The summed E-state index contributed by atoms with van der Waals surface area (Å²) < 4.78 is 6.34. The van der Waals surface area contributed by atoms with Crippen LogP contribution >= 0.6 is 11.3 Å². The number of ether oxygens (including phenoxy) is 1. The van der Waals surface area contributed by atoms with Crippen LogP contribution in [0.25, 0.3) is 21.7 Å². The van der Waals surface area contributed by atoms with Crippen molar-refractivity contribution in [3.05, 3.63) is 58.1 Å². The number of β-amino-alcohol motifs (C(OH)–C–C–N with tert-alkyl or cyclic N) is 1. The molecule has 3 aliphatic heterocycles. The van der Waals surface area contributed by atoms with Crippen LogP contribution in [0.3, 0.4) is 0 Å². The highest BCUT2D eigenvalue weighted by molar-refractivity contribution is 7.15. The van der Waals surface area contributed by atoms with Gasteiger partial charge in [0, 0.05) is 56.1 Å². The highest BCUT2D eigenvalue weighted by Crippen LogP contribution is 2.39. The Balaban J connectivity index is 1.13. The molecule has 1 spiro atoms. The van der Waals surface area contributed by atoms with E-state index in [4.69, 9.17) is 9.72 Å². The van der Waals surface area contributed by atoms with Gasteiger partial charge in [0.1, 0.15) is 10.8 Å². The number of fused-ring (bicyclic) bond motifs is 1. The number of rotatable bonds is 9. The maximum Gasteiger partial charge on any atom is 0.124 e. The smallest absolute Gasteiger partial charge is 0.124 e. The molecule has 0 bridgehead atoms. The van der Waals surface area contributed by atoms with Gasteiger partial charge in [0.25, 0.3) is 0 Å². The molecular formula is C32H42N4O2S. The van der Waals surface area contributed by atoms with Crippen molar-refractivity contribution in [2.75, 3.05) is 59.0 Å². The molecule has 6 nitrogen and oxygen atoms in total. The van der Waals surface area contributed by atoms with Crippen LogP contribution in [0.1, 0.15) is 41.0 Å². The second kappa shape index (κ2) is 11.7. The number of aliphatic hydroxyl groups excluding tert-OH is 1. The minimum Gasteiger partial charge on any atom is -0.493 e. The van der Waals surface area contributed by atoms with Gasteiger partial charge < -0.3 is 20.1 Å². The highest BCUT2D eigenvalue weighted by atomic mass is 32.1. The summed E-state index contributed by atoms with van der Waals surface area (Å²) in [6.45, 7) is 13.9. The molecule has 0 amide bonds. The minimum atomic E-state index is 0.210. The van der Waals surface area contributed by atoms with Gasteiger partial charge in [-0.1, -0.05) is 30.3 Å². The number of thiazole rings is 1. The fourth-order valence-corrected chi connectivity index (χ4v) is 7.98. The Morgan fingerprint density at radius 3 is 2.64 bits per heavy atom. The summed E-state index contributed by atoms with van der Waals surface area (Å²) in [5.74, 6) is 0.990.